The van der Waals surface area contributed by atoms with Crippen LogP contribution in [-0.4, -0.2) is 74.7 Å². The Balaban J connectivity index is 2.24. The average molecular weight is 272 g/mol. The van der Waals surface area contributed by atoms with Crippen molar-refractivity contribution in [1.82, 2.24) is 9.80 Å². The number of piperazine rings is 1. The van der Waals surface area contributed by atoms with E-state index in [0.717, 1.165) is 32.7 Å². The average Bonchev–Trinajstić information content (AvgIpc) is 2.44. The fraction of sp³-hybridized carbons (Fsp3) is 0.846. The van der Waals surface area contributed by atoms with Gasteiger partial charge in [-0.15, -0.1) is 0 Å². The SMILES string of the molecule is COC(=O)CCN1CCN(C(C)CC(=O)OC)CC1. The van der Waals surface area contributed by atoms with Crippen LogP contribution in [0.1, 0.15) is 19.8 Å². The van der Waals surface area contributed by atoms with Crippen LogP contribution in [0.3, 0.4) is 0 Å². The summed E-state index contributed by atoms with van der Waals surface area (Å²) in [6.07, 6.45) is 0.868. The van der Waals surface area contributed by atoms with Gasteiger partial charge in [0.2, 0.25) is 0 Å². The molecule has 0 saturated carbocycles. The van der Waals surface area contributed by atoms with Crippen molar-refractivity contribution in [3.63, 3.8) is 0 Å². The molecule has 0 amide bonds. The van der Waals surface area contributed by atoms with Crippen LogP contribution in [0.15, 0.2) is 0 Å². The Morgan fingerprint density at radius 2 is 1.63 bits per heavy atom. The third-order valence-electron chi connectivity index (χ3n) is 3.58. The minimum absolute atomic E-state index is 0.165. The monoisotopic (exact) mass is 272 g/mol. The number of nitrogens with zero attached hydrogens (tertiary/aromatic N) is 2. The van der Waals surface area contributed by atoms with E-state index in [-0.39, 0.29) is 18.0 Å². The van der Waals surface area contributed by atoms with E-state index in [4.69, 9.17) is 0 Å². The highest BCUT2D eigenvalue weighted by molar-refractivity contribution is 5.70. The number of hydrogen-bond donors (Lipinski definition) is 0. The predicted molar refractivity (Wildman–Crippen MR) is 70.7 cm³/mol. The van der Waals surface area contributed by atoms with Gasteiger partial charge >= 0.3 is 11.9 Å². The molecule has 0 radical (unpaired) electrons. The summed E-state index contributed by atoms with van der Waals surface area (Å²) in [7, 11) is 2.83. The van der Waals surface area contributed by atoms with Crippen LogP contribution >= 0.6 is 0 Å². The number of carbonyl (C=O) groups is 2. The smallest absolute Gasteiger partial charge is 0.307 e. The van der Waals surface area contributed by atoms with E-state index in [1.807, 2.05) is 6.92 Å². The summed E-state index contributed by atoms with van der Waals surface area (Å²) in [5.41, 5.74) is 0. The number of hydrogen-bond acceptors (Lipinski definition) is 6. The van der Waals surface area contributed by atoms with Crippen molar-refractivity contribution in [3.8, 4) is 0 Å². The first-order valence-corrected chi connectivity index (χ1v) is 6.67. The second-order valence-corrected chi connectivity index (χ2v) is 4.83. The second-order valence-electron chi connectivity index (χ2n) is 4.83. The van der Waals surface area contributed by atoms with Crippen molar-refractivity contribution in [2.24, 2.45) is 0 Å². The molecule has 1 saturated heterocycles. The van der Waals surface area contributed by atoms with Gasteiger partial charge in [-0.25, -0.2) is 0 Å². The molecule has 0 aromatic heterocycles. The summed E-state index contributed by atoms with van der Waals surface area (Å²) in [6, 6.07) is 0.204. The molecule has 0 spiro atoms. The van der Waals surface area contributed by atoms with E-state index in [1.165, 1.54) is 14.2 Å². The molecular weight excluding hydrogens is 248 g/mol. The van der Waals surface area contributed by atoms with Crippen LogP contribution < -0.4 is 0 Å². The molecular formula is C13H24N2O4. The first kappa shape index (κ1) is 15.9. The highest BCUT2D eigenvalue weighted by atomic mass is 16.5. The van der Waals surface area contributed by atoms with Crippen molar-refractivity contribution in [2.45, 2.75) is 25.8 Å². The number of carbonyl (C=O) groups excluding carboxylic acids is 2. The highest BCUT2D eigenvalue weighted by Gasteiger charge is 2.23. The number of ether oxygens (including phenoxy) is 2. The largest absolute Gasteiger partial charge is 0.469 e. The molecule has 1 aliphatic rings. The summed E-state index contributed by atoms with van der Waals surface area (Å²) in [5.74, 6) is -0.331. The molecule has 1 atom stereocenters. The van der Waals surface area contributed by atoms with Crippen LogP contribution in [0.25, 0.3) is 0 Å². The quantitative estimate of drug-likeness (QED) is 0.640. The first-order valence-electron chi connectivity index (χ1n) is 6.67. The molecule has 1 heterocycles. The lowest BCUT2D eigenvalue weighted by molar-refractivity contribution is -0.143. The van der Waals surface area contributed by atoms with Crippen molar-refractivity contribution in [3.05, 3.63) is 0 Å². The third kappa shape index (κ3) is 5.57. The van der Waals surface area contributed by atoms with E-state index in [2.05, 4.69) is 19.3 Å². The summed E-state index contributed by atoms with van der Waals surface area (Å²) in [6.45, 7) is 6.45. The zero-order chi connectivity index (χ0) is 14.3. The summed E-state index contributed by atoms with van der Waals surface area (Å²) < 4.78 is 9.31. The molecule has 0 N–H and O–H groups in total. The summed E-state index contributed by atoms with van der Waals surface area (Å²) >= 11 is 0. The lowest BCUT2D eigenvalue weighted by atomic mass is 10.1. The lowest BCUT2D eigenvalue weighted by Crippen LogP contribution is -2.50. The molecule has 6 heteroatoms. The van der Waals surface area contributed by atoms with Crippen LogP contribution in [0, 0.1) is 0 Å². The highest BCUT2D eigenvalue weighted by Crippen LogP contribution is 2.10. The van der Waals surface area contributed by atoms with Crippen LogP contribution in [0.4, 0.5) is 0 Å². The van der Waals surface area contributed by atoms with Gasteiger partial charge in [0, 0.05) is 38.8 Å². The number of methoxy groups -OCH3 is 2. The summed E-state index contributed by atoms with van der Waals surface area (Å²) in [4.78, 5) is 26.8. The van der Waals surface area contributed by atoms with E-state index >= 15 is 0 Å². The molecule has 1 unspecified atom stereocenters. The van der Waals surface area contributed by atoms with E-state index in [1.54, 1.807) is 0 Å². The zero-order valence-electron chi connectivity index (χ0n) is 12.1. The van der Waals surface area contributed by atoms with Gasteiger partial charge in [0.05, 0.1) is 27.1 Å². The van der Waals surface area contributed by atoms with Crippen molar-refractivity contribution in [1.29, 1.82) is 0 Å². The molecule has 0 aliphatic carbocycles. The Morgan fingerprint density at radius 3 is 2.16 bits per heavy atom. The number of rotatable bonds is 6. The van der Waals surface area contributed by atoms with Gasteiger partial charge < -0.3 is 14.4 Å². The van der Waals surface area contributed by atoms with Crippen LogP contribution in [0.2, 0.25) is 0 Å². The minimum atomic E-state index is -0.166. The van der Waals surface area contributed by atoms with Crippen molar-refractivity contribution >= 4 is 11.9 Å². The standard InChI is InChI=1S/C13H24N2O4/c1-11(10-13(17)19-3)15-8-6-14(7-9-15)5-4-12(16)18-2/h11H,4-10H2,1-3H3. The molecule has 1 aliphatic heterocycles. The van der Waals surface area contributed by atoms with Gasteiger partial charge in [-0.05, 0) is 6.92 Å². The third-order valence-corrected chi connectivity index (χ3v) is 3.58. The maximum atomic E-state index is 11.2. The van der Waals surface area contributed by atoms with Gasteiger partial charge in [0.25, 0.3) is 0 Å². The topological polar surface area (TPSA) is 59.1 Å². The molecule has 110 valence electrons. The van der Waals surface area contributed by atoms with Crippen LogP contribution in [0.5, 0.6) is 0 Å². The normalized spacial score (nSPS) is 18.9. The Bertz CT molecular complexity index is 301. The van der Waals surface area contributed by atoms with Gasteiger partial charge in [0.15, 0.2) is 0 Å². The fourth-order valence-electron chi connectivity index (χ4n) is 2.23. The van der Waals surface area contributed by atoms with Gasteiger partial charge in [0.1, 0.15) is 0 Å². The summed E-state index contributed by atoms with van der Waals surface area (Å²) in [5, 5.41) is 0. The lowest BCUT2D eigenvalue weighted by Gasteiger charge is -2.37. The minimum Gasteiger partial charge on any atom is -0.469 e. The van der Waals surface area contributed by atoms with E-state index in [9.17, 15) is 9.59 Å². The first-order chi connectivity index (χ1) is 9.06. The zero-order valence-corrected chi connectivity index (χ0v) is 12.1. The molecule has 6 nitrogen and oxygen atoms in total. The molecule has 0 aromatic carbocycles. The van der Waals surface area contributed by atoms with Crippen molar-refractivity contribution < 1.29 is 19.1 Å². The number of esters is 2. The predicted octanol–water partition coefficient (Wildman–Crippen LogP) is 0.119. The molecule has 0 aromatic rings. The Hall–Kier alpha value is -1.14. The Labute approximate surface area is 114 Å². The molecule has 1 fully saturated rings. The molecule has 1 rings (SSSR count). The van der Waals surface area contributed by atoms with E-state index in [0.29, 0.717) is 12.8 Å². The molecule has 0 bridgehead atoms. The van der Waals surface area contributed by atoms with Gasteiger partial charge in [-0.2, -0.15) is 0 Å². The maximum absolute atomic E-state index is 11.2. The Morgan fingerprint density at radius 1 is 1.05 bits per heavy atom. The van der Waals surface area contributed by atoms with Crippen molar-refractivity contribution in [2.75, 3.05) is 46.9 Å². The Kier molecular flexibility index (Phi) is 6.80. The van der Waals surface area contributed by atoms with Gasteiger partial charge in [-0.1, -0.05) is 0 Å². The van der Waals surface area contributed by atoms with Gasteiger partial charge in [-0.3, -0.25) is 14.5 Å². The second kappa shape index (κ2) is 8.12. The fourth-order valence-corrected chi connectivity index (χ4v) is 2.23. The van der Waals surface area contributed by atoms with E-state index < -0.39 is 0 Å². The maximum Gasteiger partial charge on any atom is 0.307 e. The molecule has 19 heavy (non-hydrogen) atoms. The van der Waals surface area contributed by atoms with Crippen LogP contribution in [-0.2, 0) is 19.1 Å².